The topological polar surface area (TPSA) is 51.5 Å². The van der Waals surface area contributed by atoms with E-state index in [4.69, 9.17) is 9.15 Å². The van der Waals surface area contributed by atoms with Crippen LogP contribution in [0.2, 0.25) is 0 Å². The van der Waals surface area contributed by atoms with Crippen LogP contribution in [0.25, 0.3) is 22.1 Å². The number of methoxy groups -OCH3 is 1. The number of carbonyl (C=O) groups is 1. The van der Waals surface area contributed by atoms with Crippen molar-refractivity contribution in [3.8, 4) is 16.9 Å². The fourth-order valence-electron chi connectivity index (χ4n) is 2.69. The zero-order chi connectivity index (χ0) is 18.0. The van der Waals surface area contributed by atoms with Gasteiger partial charge in [-0.25, -0.2) is 0 Å². The lowest BCUT2D eigenvalue weighted by molar-refractivity contribution is 0.0905. The number of benzene rings is 2. The SMILES string of the molecule is COc1ccc2c(-c3ccccc3)c(C(=O)NC(C)C(C)C)oc2c1. The number of ether oxygens (including phenoxy) is 1. The van der Waals surface area contributed by atoms with Gasteiger partial charge in [0.25, 0.3) is 5.91 Å². The van der Waals surface area contributed by atoms with Crippen LogP contribution in [-0.2, 0) is 0 Å². The zero-order valence-corrected chi connectivity index (χ0v) is 15.0. The number of fused-ring (bicyclic) bond motifs is 1. The van der Waals surface area contributed by atoms with Crippen LogP contribution >= 0.6 is 0 Å². The first-order chi connectivity index (χ1) is 12.0. The molecule has 0 bridgehead atoms. The molecule has 3 aromatic rings. The monoisotopic (exact) mass is 337 g/mol. The Bertz CT molecular complexity index is 881. The van der Waals surface area contributed by atoms with E-state index in [1.54, 1.807) is 7.11 Å². The van der Waals surface area contributed by atoms with Crippen molar-refractivity contribution in [2.24, 2.45) is 5.92 Å². The molecule has 2 aromatic carbocycles. The molecular formula is C21H23NO3. The van der Waals surface area contributed by atoms with Crippen LogP contribution in [0, 0.1) is 5.92 Å². The average molecular weight is 337 g/mol. The number of furan rings is 1. The van der Waals surface area contributed by atoms with E-state index in [-0.39, 0.29) is 11.9 Å². The number of rotatable bonds is 5. The standard InChI is InChI=1S/C21H23NO3/c1-13(2)14(3)22-21(23)20-19(15-8-6-5-7-9-15)17-11-10-16(24-4)12-18(17)25-20/h5-14H,1-4H3,(H,22,23). The summed E-state index contributed by atoms with van der Waals surface area (Å²) in [6.07, 6.45) is 0. The fourth-order valence-corrected chi connectivity index (χ4v) is 2.69. The molecule has 4 heteroatoms. The third-order valence-corrected chi connectivity index (χ3v) is 4.52. The number of amides is 1. The van der Waals surface area contributed by atoms with Crippen molar-refractivity contribution in [2.75, 3.05) is 7.11 Å². The highest BCUT2D eigenvalue weighted by atomic mass is 16.5. The molecule has 4 nitrogen and oxygen atoms in total. The van der Waals surface area contributed by atoms with Crippen molar-refractivity contribution >= 4 is 16.9 Å². The maximum absolute atomic E-state index is 12.8. The first kappa shape index (κ1) is 17.1. The summed E-state index contributed by atoms with van der Waals surface area (Å²) in [4.78, 5) is 12.8. The number of hydrogen-bond acceptors (Lipinski definition) is 3. The van der Waals surface area contributed by atoms with Crippen molar-refractivity contribution in [1.29, 1.82) is 0 Å². The van der Waals surface area contributed by atoms with Crippen LogP contribution in [0.15, 0.2) is 52.9 Å². The molecule has 1 atom stereocenters. The number of carbonyl (C=O) groups excluding carboxylic acids is 1. The Morgan fingerprint density at radius 2 is 1.80 bits per heavy atom. The molecule has 0 saturated carbocycles. The van der Waals surface area contributed by atoms with Gasteiger partial charge in [0.15, 0.2) is 0 Å². The Balaban J connectivity index is 2.14. The molecule has 0 radical (unpaired) electrons. The van der Waals surface area contributed by atoms with E-state index < -0.39 is 0 Å². The van der Waals surface area contributed by atoms with Gasteiger partial charge in [-0.2, -0.15) is 0 Å². The smallest absolute Gasteiger partial charge is 0.287 e. The molecule has 25 heavy (non-hydrogen) atoms. The summed E-state index contributed by atoms with van der Waals surface area (Å²) < 4.78 is 11.2. The summed E-state index contributed by atoms with van der Waals surface area (Å²) in [6, 6.07) is 15.5. The normalized spacial score (nSPS) is 12.4. The Labute approximate surface area is 147 Å². The molecule has 1 aromatic heterocycles. The van der Waals surface area contributed by atoms with Crippen LogP contribution in [0.3, 0.4) is 0 Å². The third kappa shape index (κ3) is 3.38. The quantitative estimate of drug-likeness (QED) is 0.722. The first-order valence-corrected chi connectivity index (χ1v) is 8.48. The van der Waals surface area contributed by atoms with Gasteiger partial charge in [0.2, 0.25) is 5.76 Å². The minimum Gasteiger partial charge on any atom is -0.497 e. The first-order valence-electron chi connectivity index (χ1n) is 8.48. The van der Waals surface area contributed by atoms with Gasteiger partial charge in [0.05, 0.1) is 7.11 Å². The Hall–Kier alpha value is -2.75. The summed E-state index contributed by atoms with van der Waals surface area (Å²) in [5.74, 6) is 1.18. The Morgan fingerprint density at radius 1 is 1.08 bits per heavy atom. The Kier molecular flexibility index (Phi) is 4.79. The van der Waals surface area contributed by atoms with Crippen LogP contribution in [-0.4, -0.2) is 19.1 Å². The van der Waals surface area contributed by atoms with Crippen LogP contribution in [0.1, 0.15) is 31.3 Å². The summed E-state index contributed by atoms with van der Waals surface area (Å²) in [5, 5.41) is 3.93. The molecule has 0 aliphatic heterocycles. The van der Waals surface area contributed by atoms with Crippen LogP contribution < -0.4 is 10.1 Å². The van der Waals surface area contributed by atoms with Crippen molar-refractivity contribution in [2.45, 2.75) is 26.8 Å². The van der Waals surface area contributed by atoms with Gasteiger partial charge in [0.1, 0.15) is 11.3 Å². The molecule has 1 unspecified atom stereocenters. The van der Waals surface area contributed by atoms with Crippen LogP contribution in [0.5, 0.6) is 5.75 Å². The maximum atomic E-state index is 12.8. The largest absolute Gasteiger partial charge is 0.497 e. The molecule has 1 amide bonds. The van der Waals surface area contributed by atoms with E-state index in [9.17, 15) is 4.79 Å². The highest BCUT2D eigenvalue weighted by molar-refractivity contribution is 6.08. The van der Waals surface area contributed by atoms with E-state index in [1.165, 1.54) is 0 Å². The summed E-state index contributed by atoms with van der Waals surface area (Å²) in [7, 11) is 1.61. The molecule has 130 valence electrons. The minimum atomic E-state index is -0.199. The molecule has 1 N–H and O–H groups in total. The number of nitrogens with one attached hydrogen (secondary N) is 1. The van der Waals surface area contributed by atoms with E-state index >= 15 is 0 Å². The maximum Gasteiger partial charge on any atom is 0.287 e. The van der Waals surface area contributed by atoms with Gasteiger partial charge >= 0.3 is 0 Å². The molecular weight excluding hydrogens is 314 g/mol. The van der Waals surface area contributed by atoms with Crippen molar-refractivity contribution in [3.05, 3.63) is 54.3 Å². The fraction of sp³-hybridized carbons (Fsp3) is 0.286. The summed E-state index contributed by atoms with van der Waals surface area (Å²) in [5.41, 5.74) is 2.40. The van der Waals surface area contributed by atoms with Crippen molar-refractivity contribution in [1.82, 2.24) is 5.32 Å². The van der Waals surface area contributed by atoms with Gasteiger partial charge < -0.3 is 14.5 Å². The molecule has 0 spiro atoms. The van der Waals surface area contributed by atoms with Gasteiger partial charge in [0, 0.05) is 23.1 Å². The second-order valence-electron chi connectivity index (χ2n) is 6.54. The van der Waals surface area contributed by atoms with Gasteiger partial charge in [-0.1, -0.05) is 44.2 Å². The predicted octanol–water partition coefficient (Wildman–Crippen LogP) is 4.88. The zero-order valence-electron chi connectivity index (χ0n) is 15.0. The minimum absolute atomic E-state index is 0.0545. The van der Waals surface area contributed by atoms with E-state index in [0.29, 0.717) is 23.0 Å². The molecule has 3 rings (SSSR count). The average Bonchev–Trinajstić information content (AvgIpc) is 3.00. The van der Waals surface area contributed by atoms with E-state index in [2.05, 4.69) is 19.2 Å². The lowest BCUT2D eigenvalue weighted by Gasteiger charge is -2.17. The highest BCUT2D eigenvalue weighted by Crippen LogP contribution is 2.36. The van der Waals surface area contributed by atoms with Gasteiger partial charge in [-0.15, -0.1) is 0 Å². The third-order valence-electron chi connectivity index (χ3n) is 4.52. The van der Waals surface area contributed by atoms with Gasteiger partial charge in [-0.3, -0.25) is 4.79 Å². The molecule has 0 fully saturated rings. The number of hydrogen-bond donors (Lipinski definition) is 1. The van der Waals surface area contributed by atoms with Crippen molar-refractivity contribution in [3.63, 3.8) is 0 Å². The van der Waals surface area contributed by atoms with Crippen molar-refractivity contribution < 1.29 is 13.9 Å². The van der Waals surface area contributed by atoms with E-state index in [1.807, 2.05) is 55.5 Å². The Morgan fingerprint density at radius 3 is 2.44 bits per heavy atom. The molecule has 1 heterocycles. The molecule has 0 aliphatic carbocycles. The highest BCUT2D eigenvalue weighted by Gasteiger charge is 2.23. The van der Waals surface area contributed by atoms with E-state index in [0.717, 1.165) is 16.5 Å². The molecule has 0 saturated heterocycles. The van der Waals surface area contributed by atoms with Crippen LogP contribution in [0.4, 0.5) is 0 Å². The molecule has 0 aliphatic rings. The summed E-state index contributed by atoms with van der Waals surface area (Å²) >= 11 is 0. The lowest BCUT2D eigenvalue weighted by Crippen LogP contribution is -2.36. The predicted molar refractivity (Wildman–Crippen MR) is 100.0 cm³/mol. The lowest BCUT2D eigenvalue weighted by atomic mass is 10.0. The summed E-state index contributed by atoms with van der Waals surface area (Å²) in [6.45, 7) is 6.15. The second kappa shape index (κ2) is 7.01. The van der Waals surface area contributed by atoms with Gasteiger partial charge in [-0.05, 0) is 30.5 Å². The second-order valence-corrected chi connectivity index (χ2v) is 6.54.